The molecule has 0 unspecified atom stereocenters. The van der Waals surface area contributed by atoms with Crippen molar-refractivity contribution in [3.8, 4) is 11.3 Å². The van der Waals surface area contributed by atoms with Gasteiger partial charge in [0.25, 0.3) is 5.91 Å². The average Bonchev–Trinajstić information content (AvgIpc) is 3.04. The van der Waals surface area contributed by atoms with Crippen LogP contribution < -0.4 is 5.32 Å². The molecule has 0 spiro atoms. The second-order valence-corrected chi connectivity index (χ2v) is 6.46. The van der Waals surface area contributed by atoms with E-state index in [0.717, 1.165) is 5.56 Å². The lowest BCUT2D eigenvalue weighted by Gasteiger charge is -2.07. The molecule has 138 valence electrons. The third-order valence-electron chi connectivity index (χ3n) is 3.82. The first-order valence-corrected chi connectivity index (χ1v) is 8.58. The van der Waals surface area contributed by atoms with Crippen LogP contribution in [0.15, 0.2) is 47.0 Å². The summed E-state index contributed by atoms with van der Waals surface area (Å²) in [6, 6.07) is 11.8. The van der Waals surface area contributed by atoms with Gasteiger partial charge in [0.15, 0.2) is 5.56 Å². The summed E-state index contributed by atoms with van der Waals surface area (Å²) in [6.45, 7) is 1.91. The van der Waals surface area contributed by atoms with Crippen LogP contribution in [0.25, 0.3) is 11.3 Å². The van der Waals surface area contributed by atoms with Gasteiger partial charge in [-0.15, -0.1) is 0 Å². The molecule has 0 atom stereocenters. The zero-order valence-electron chi connectivity index (χ0n) is 14.4. The summed E-state index contributed by atoms with van der Waals surface area (Å²) < 4.78 is 10.0. The fourth-order valence-corrected chi connectivity index (χ4v) is 3.02. The van der Waals surface area contributed by atoms with Crippen LogP contribution in [0.2, 0.25) is 10.0 Å². The number of benzene rings is 2. The van der Waals surface area contributed by atoms with Gasteiger partial charge in [-0.3, -0.25) is 10.1 Å². The summed E-state index contributed by atoms with van der Waals surface area (Å²) in [7, 11) is 1.21. The molecule has 0 aliphatic heterocycles. The number of ether oxygens (including phenoxy) is 1. The van der Waals surface area contributed by atoms with Crippen molar-refractivity contribution in [1.29, 1.82) is 0 Å². The number of halogens is 2. The molecule has 3 rings (SSSR count). The molecule has 6 nitrogen and oxygen atoms in total. The summed E-state index contributed by atoms with van der Waals surface area (Å²) in [5, 5.41) is 6.96. The first kappa shape index (κ1) is 18.9. The number of rotatable bonds is 4. The molecular formula is C19H14Cl2N2O4. The number of carbonyl (C=O) groups excluding carboxylic acids is 2. The van der Waals surface area contributed by atoms with Gasteiger partial charge < -0.3 is 9.26 Å². The Balaban J connectivity index is 2.04. The van der Waals surface area contributed by atoms with Crippen LogP contribution in [-0.2, 0) is 4.74 Å². The van der Waals surface area contributed by atoms with E-state index in [0.29, 0.717) is 11.1 Å². The number of anilines is 1. The Morgan fingerprint density at radius 3 is 2.30 bits per heavy atom. The molecule has 1 aromatic heterocycles. The second-order valence-electron chi connectivity index (χ2n) is 5.64. The van der Waals surface area contributed by atoms with Crippen molar-refractivity contribution in [2.75, 3.05) is 12.4 Å². The highest BCUT2D eigenvalue weighted by Crippen LogP contribution is 2.38. The monoisotopic (exact) mass is 404 g/mol. The molecule has 1 amide bonds. The van der Waals surface area contributed by atoms with E-state index in [1.807, 2.05) is 6.92 Å². The molecule has 27 heavy (non-hydrogen) atoms. The number of methoxy groups -OCH3 is 1. The van der Waals surface area contributed by atoms with Crippen molar-refractivity contribution >= 4 is 41.0 Å². The van der Waals surface area contributed by atoms with Gasteiger partial charge in [-0.25, -0.2) is 4.79 Å². The van der Waals surface area contributed by atoms with Crippen LogP contribution in [0.1, 0.15) is 26.3 Å². The predicted molar refractivity (Wildman–Crippen MR) is 102 cm³/mol. The van der Waals surface area contributed by atoms with E-state index in [2.05, 4.69) is 10.5 Å². The van der Waals surface area contributed by atoms with Crippen molar-refractivity contribution in [3.63, 3.8) is 0 Å². The highest BCUT2D eigenvalue weighted by molar-refractivity contribution is 6.39. The summed E-state index contributed by atoms with van der Waals surface area (Å²) >= 11 is 12.4. The molecule has 2 aromatic carbocycles. The summed E-state index contributed by atoms with van der Waals surface area (Å²) in [6.07, 6.45) is 0. The number of amides is 1. The maximum Gasteiger partial charge on any atom is 0.345 e. The molecule has 0 bridgehead atoms. The normalized spacial score (nSPS) is 10.5. The Hall–Kier alpha value is -2.83. The first-order valence-electron chi connectivity index (χ1n) is 7.82. The Kier molecular flexibility index (Phi) is 5.48. The molecule has 0 aliphatic carbocycles. The quantitative estimate of drug-likeness (QED) is 0.618. The van der Waals surface area contributed by atoms with Gasteiger partial charge in [0.2, 0.25) is 5.88 Å². The molecule has 0 saturated carbocycles. The summed E-state index contributed by atoms with van der Waals surface area (Å²) in [5.41, 5.74) is 1.72. The number of carbonyl (C=O) groups is 2. The van der Waals surface area contributed by atoms with Gasteiger partial charge in [-0.1, -0.05) is 52.1 Å². The van der Waals surface area contributed by atoms with E-state index >= 15 is 0 Å². The van der Waals surface area contributed by atoms with Crippen LogP contribution in [0, 0.1) is 6.92 Å². The van der Waals surface area contributed by atoms with Crippen molar-refractivity contribution < 1.29 is 18.8 Å². The minimum absolute atomic E-state index is 0.0760. The first-order chi connectivity index (χ1) is 12.9. The Morgan fingerprint density at radius 1 is 1.07 bits per heavy atom. The third-order valence-corrected chi connectivity index (χ3v) is 4.45. The van der Waals surface area contributed by atoms with E-state index in [9.17, 15) is 9.59 Å². The maximum absolute atomic E-state index is 12.5. The lowest BCUT2D eigenvalue weighted by atomic mass is 10.1. The molecule has 0 saturated heterocycles. The van der Waals surface area contributed by atoms with Gasteiger partial charge in [0.05, 0.1) is 17.2 Å². The fourth-order valence-electron chi connectivity index (χ4n) is 2.44. The summed E-state index contributed by atoms with van der Waals surface area (Å²) in [4.78, 5) is 24.8. The van der Waals surface area contributed by atoms with Crippen LogP contribution in [0.3, 0.4) is 0 Å². The van der Waals surface area contributed by atoms with Crippen molar-refractivity contribution in [3.05, 3.63) is 69.2 Å². The average molecular weight is 405 g/mol. The topological polar surface area (TPSA) is 81.4 Å². The predicted octanol–water partition coefficient (Wildman–Crippen LogP) is 5.00. The number of nitrogens with one attached hydrogen (secondary N) is 1. The van der Waals surface area contributed by atoms with E-state index < -0.39 is 11.9 Å². The molecule has 3 aromatic rings. The highest BCUT2D eigenvalue weighted by atomic mass is 35.5. The maximum atomic E-state index is 12.5. The van der Waals surface area contributed by atoms with E-state index in [1.165, 1.54) is 7.11 Å². The number of aromatic nitrogens is 1. The van der Waals surface area contributed by atoms with Gasteiger partial charge in [-0.05, 0) is 31.2 Å². The van der Waals surface area contributed by atoms with Crippen LogP contribution in [0.4, 0.5) is 5.88 Å². The smallest absolute Gasteiger partial charge is 0.345 e. The third kappa shape index (κ3) is 3.82. The minimum atomic E-state index is -0.749. The SMILES string of the molecule is COC(=O)c1c(-c2c(Cl)cccc2Cl)noc1NC(=O)c1ccc(C)cc1. The van der Waals surface area contributed by atoms with Crippen LogP contribution in [0.5, 0.6) is 0 Å². The molecule has 0 aliphatic rings. The van der Waals surface area contributed by atoms with Crippen molar-refractivity contribution in [2.45, 2.75) is 6.92 Å². The number of hydrogen-bond donors (Lipinski definition) is 1. The lowest BCUT2D eigenvalue weighted by molar-refractivity contribution is 0.0602. The summed E-state index contributed by atoms with van der Waals surface area (Å²) in [5.74, 6) is -1.37. The largest absolute Gasteiger partial charge is 0.465 e. The Bertz CT molecular complexity index is 993. The van der Waals surface area contributed by atoms with E-state index in [4.69, 9.17) is 32.5 Å². The minimum Gasteiger partial charge on any atom is -0.465 e. The Morgan fingerprint density at radius 2 is 1.70 bits per heavy atom. The van der Waals surface area contributed by atoms with E-state index in [-0.39, 0.29) is 27.2 Å². The molecule has 8 heteroatoms. The van der Waals surface area contributed by atoms with Gasteiger partial charge >= 0.3 is 5.97 Å². The molecular weight excluding hydrogens is 391 g/mol. The zero-order chi connectivity index (χ0) is 19.6. The second kappa shape index (κ2) is 7.82. The lowest BCUT2D eigenvalue weighted by Crippen LogP contribution is -2.14. The highest BCUT2D eigenvalue weighted by Gasteiger charge is 2.28. The van der Waals surface area contributed by atoms with Gasteiger partial charge in [0, 0.05) is 11.1 Å². The molecule has 1 N–H and O–H groups in total. The number of aryl methyl sites for hydroxylation is 1. The van der Waals surface area contributed by atoms with E-state index in [1.54, 1.807) is 42.5 Å². The Labute approximate surface area is 165 Å². The van der Waals surface area contributed by atoms with Crippen molar-refractivity contribution in [1.82, 2.24) is 5.16 Å². The number of esters is 1. The number of nitrogens with zero attached hydrogens (tertiary/aromatic N) is 1. The van der Waals surface area contributed by atoms with Crippen molar-refractivity contribution in [2.24, 2.45) is 0 Å². The van der Waals surface area contributed by atoms with Gasteiger partial charge in [0.1, 0.15) is 5.69 Å². The molecule has 1 heterocycles. The number of hydrogen-bond acceptors (Lipinski definition) is 5. The van der Waals surface area contributed by atoms with Gasteiger partial charge in [-0.2, -0.15) is 0 Å². The fraction of sp³-hybridized carbons (Fsp3) is 0.105. The zero-order valence-corrected chi connectivity index (χ0v) is 15.9. The van der Waals surface area contributed by atoms with Crippen LogP contribution in [-0.4, -0.2) is 24.1 Å². The molecule has 0 fully saturated rings. The standard InChI is InChI=1S/C19H14Cl2N2O4/c1-10-6-8-11(9-7-10)17(24)22-18-15(19(25)26-2)16(23-27-18)14-12(20)4-3-5-13(14)21/h3-9H,1-2H3,(H,22,24). The van der Waals surface area contributed by atoms with Crippen LogP contribution >= 0.6 is 23.2 Å². The molecule has 0 radical (unpaired) electrons.